The van der Waals surface area contributed by atoms with Crippen LogP contribution in [0.5, 0.6) is 69.0 Å². The van der Waals surface area contributed by atoms with Crippen molar-refractivity contribution in [3.8, 4) is 69.0 Å². The summed E-state index contributed by atoms with van der Waals surface area (Å²) in [5, 5.41) is 53.8. The molecule has 0 amide bonds. The van der Waals surface area contributed by atoms with Crippen LogP contribution >= 0.6 is 0 Å². The predicted octanol–water partition coefficient (Wildman–Crippen LogP) is 18.5. The number of nitro groups is 4. The summed E-state index contributed by atoms with van der Waals surface area (Å²) >= 11 is 0. The summed E-state index contributed by atoms with van der Waals surface area (Å²) < 4.78 is 53.4. The minimum atomic E-state index is -1.11. The maximum Gasteiger partial charge on any atom is 0.343 e. The molecule has 2 aliphatic rings. The van der Waals surface area contributed by atoms with Gasteiger partial charge in [-0.25, -0.2) is 19.2 Å². The van der Waals surface area contributed by atoms with Crippen LogP contribution in [0.4, 0.5) is 22.7 Å². The molecule has 0 aliphatic carbocycles. The molecule has 12 rings (SSSR count). The van der Waals surface area contributed by atoms with Crippen molar-refractivity contribution in [2.24, 2.45) is 0 Å². The quantitative estimate of drug-likeness (QED) is 0.0375. The Morgan fingerprint density at radius 1 is 0.290 bits per heavy atom. The van der Waals surface area contributed by atoms with E-state index in [9.17, 15) is 59.6 Å². The Morgan fingerprint density at radius 3 is 0.690 bits per heavy atom. The van der Waals surface area contributed by atoms with E-state index in [1.807, 2.05) is 0 Å². The molecule has 10 aromatic rings. The highest BCUT2D eigenvalue weighted by molar-refractivity contribution is 5.94. The van der Waals surface area contributed by atoms with Gasteiger partial charge < -0.3 is 37.9 Å². The molecule has 500 valence electrons. The average molecular weight is 1350 g/mol. The molecule has 24 heteroatoms. The van der Waals surface area contributed by atoms with E-state index in [2.05, 4.69) is 0 Å². The molecule has 4 atom stereocenters. The fraction of sp³-hybridized carbons (Fsp3) is 0.158. The van der Waals surface area contributed by atoms with Crippen LogP contribution in [-0.2, 0) is 0 Å². The Kier molecular flexibility index (Phi) is 17.8. The normalized spacial score (nSPS) is 15.2. The Labute approximate surface area is 568 Å². The van der Waals surface area contributed by atoms with E-state index in [1.165, 1.54) is 72.8 Å². The zero-order valence-corrected chi connectivity index (χ0v) is 53.6. The van der Waals surface area contributed by atoms with Gasteiger partial charge >= 0.3 is 46.6 Å². The first-order valence-electron chi connectivity index (χ1n) is 31.8. The first kappa shape index (κ1) is 65.5. The third kappa shape index (κ3) is 12.5. The fourth-order valence-corrected chi connectivity index (χ4v) is 13.1. The third-order valence-electron chi connectivity index (χ3n) is 17.8. The van der Waals surface area contributed by atoms with Gasteiger partial charge in [0.25, 0.3) is 0 Å². The van der Waals surface area contributed by atoms with Crippen LogP contribution in [0, 0.1) is 40.5 Å². The first-order valence-corrected chi connectivity index (χ1v) is 31.8. The molecule has 2 aliphatic heterocycles. The smallest absolute Gasteiger partial charge is 0.343 e. The van der Waals surface area contributed by atoms with Gasteiger partial charge in [0, 0.05) is 105 Å². The molecule has 4 unspecified atom stereocenters. The maximum absolute atomic E-state index is 14.7. The number of nitrogens with zero attached hydrogens (tertiary/aromatic N) is 4. The zero-order valence-electron chi connectivity index (χ0n) is 53.6. The molecule has 0 aromatic heterocycles. The number of benzene rings is 10. The summed E-state index contributed by atoms with van der Waals surface area (Å²) in [6, 6.07) is 47.2. The molecule has 24 nitrogen and oxygen atoms in total. The number of carbonyl (C=O) groups excluding carboxylic acids is 4. The number of fused-ring (bicyclic) bond motifs is 12. The predicted molar refractivity (Wildman–Crippen MR) is 360 cm³/mol. The van der Waals surface area contributed by atoms with E-state index in [-0.39, 0.29) is 138 Å². The van der Waals surface area contributed by atoms with Crippen LogP contribution in [0.25, 0.3) is 0 Å². The molecule has 8 bridgehead atoms. The van der Waals surface area contributed by atoms with Crippen LogP contribution in [0.1, 0.15) is 163 Å². The zero-order chi connectivity index (χ0) is 70.2. The Bertz CT molecular complexity index is 4430. The van der Waals surface area contributed by atoms with E-state index in [1.54, 1.807) is 125 Å². The van der Waals surface area contributed by atoms with Crippen LogP contribution in [0.2, 0.25) is 0 Å². The van der Waals surface area contributed by atoms with Gasteiger partial charge in [0.05, 0.1) is 41.9 Å². The van der Waals surface area contributed by atoms with Gasteiger partial charge in [-0.1, -0.05) is 100 Å². The molecule has 0 N–H and O–H groups in total. The number of esters is 4. The van der Waals surface area contributed by atoms with Crippen LogP contribution in [-0.4, -0.2) is 43.6 Å². The number of hydrogen-bond donors (Lipinski definition) is 0. The van der Waals surface area contributed by atoms with Crippen molar-refractivity contribution in [1.82, 2.24) is 0 Å². The monoisotopic (exact) mass is 1340 g/mol. The molecular formula is C76H56N4O20. The lowest BCUT2D eigenvalue weighted by atomic mass is 9.77. The second kappa shape index (κ2) is 27.2. The maximum atomic E-state index is 14.7. The number of carbonyl (C=O) groups is 4. The molecule has 2 heterocycles. The first-order chi connectivity index (χ1) is 48.3. The van der Waals surface area contributed by atoms with Gasteiger partial charge in [-0.05, 0) is 98.5 Å². The topological polar surface area (TPSA) is 315 Å². The molecule has 0 saturated heterocycles. The average Bonchev–Trinajstić information content (AvgIpc) is 0.734. The van der Waals surface area contributed by atoms with Crippen molar-refractivity contribution in [3.05, 3.63) is 301 Å². The molecule has 10 aromatic carbocycles. The van der Waals surface area contributed by atoms with Gasteiger partial charge in [0.15, 0.2) is 0 Å². The van der Waals surface area contributed by atoms with Crippen molar-refractivity contribution in [3.63, 3.8) is 0 Å². The number of hydrogen-bond acceptors (Lipinski definition) is 20. The summed E-state index contributed by atoms with van der Waals surface area (Å²) in [6.07, 6.45) is 0.171. The summed E-state index contributed by atoms with van der Waals surface area (Å²) in [5.41, 5.74) is -1.85. The Hall–Kier alpha value is -13.1. The summed E-state index contributed by atoms with van der Waals surface area (Å²) in [6.45, 7) is 7.13. The van der Waals surface area contributed by atoms with Gasteiger partial charge in [0.1, 0.15) is 58.1 Å². The number of nitro benzene ring substituents is 4. The lowest BCUT2D eigenvalue weighted by Crippen LogP contribution is -2.18. The largest absolute Gasteiger partial charge is 0.450 e. The van der Waals surface area contributed by atoms with Crippen molar-refractivity contribution < 1.29 is 76.8 Å². The fourth-order valence-electron chi connectivity index (χ4n) is 13.1. The number of ether oxygens (including phenoxy) is 8. The lowest BCUT2D eigenvalue weighted by Gasteiger charge is -2.31. The van der Waals surface area contributed by atoms with Gasteiger partial charge in [-0.15, -0.1) is 0 Å². The van der Waals surface area contributed by atoms with Crippen LogP contribution < -0.4 is 37.9 Å². The van der Waals surface area contributed by atoms with E-state index >= 15 is 0 Å². The minimum Gasteiger partial charge on any atom is -0.450 e. The highest BCUT2D eigenvalue weighted by Gasteiger charge is 2.40. The second-order valence-corrected chi connectivity index (χ2v) is 23.6. The Balaban J connectivity index is 1.26. The van der Waals surface area contributed by atoms with Crippen molar-refractivity contribution in [2.45, 2.75) is 77.0 Å². The highest BCUT2D eigenvalue weighted by atomic mass is 16.6. The van der Waals surface area contributed by atoms with E-state index in [4.69, 9.17) is 37.9 Å². The van der Waals surface area contributed by atoms with Crippen molar-refractivity contribution in [2.75, 3.05) is 0 Å². The summed E-state index contributed by atoms with van der Waals surface area (Å²) in [5.74, 6) is -12.2. The van der Waals surface area contributed by atoms with E-state index in [0.29, 0.717) is 12.1 Å². The second-order valence-electron chi connectivity index (χ2n) is 23.6. The summed E-state index contributed by atoms with van der Waals surface area (Å²) in [4.78, 5) is 109. The molecule has 0 radical (unpaired) electrons. The molecule has 100 heavy (non-hydrogen) atoms. The van der Waals surface area contributed by atoms with Gasteiger partial charge in [-0.3, -0.25) is 40.5 Å². The molecule has 0 saturated carbocycles. The highest BCUT2D eigenvalue weighted by Crippen LogP contribution is 2.58. The van der Waals surface area contributed by atoms with Crippen LogP contribution in [0.15, 0.2) is 194 Å². The molecule has 0 spiro atoms. The Morgan fingerprint density at radius 2 is 0.490 bits per heavy atom. The van der Waals surface area contributed by atoms with Crippen LogP contribution in [0.3, 0.4) is 0 Å². The summed E-state index contributed by atoms with van der Waals surface area (Å²) in [7, 11) is 0. The molecule has 0 fully saturated rings. The molecular weight excluding hydrogens is 1290 g/mol. The lowest BCUT2D eigenvalue weighted by molar-refractivity contribution is -0.395. The standard InChI is InChI=1S/C76H56N4O20/c1-5-45-49-29-50-46(6-2)55-32-56(68(100-76(84)44-27-19-12-20-28-44)38-67(55)99-75(83)43-25-17-11-18-26-43)48(8-4)52-30-51(47(7-3)54-31-53(45)65(97-73(81)41-21-13-9-14-22-41)37-66(54)98-74(82)42-23-15-10-16-24-42)63-36-64(52)96-72-40-71(59(79(89)90)34-60(72)80(91)92)94-62(50)35-61(49)93-69-39-70(95-63)58(78(87)88)33-57(69)77(85)86/h9-40,45-48H,5-8H2,1-4H3. The number of rotatable bonds is 16. The van der Waals surface area contributed by atoms with Crippen molar-refractivity contribution in [1.29, 1.82) is 0 Å². The van der Waals surface area contributed by atoms with Gasteiger partial charge in [-0.2, -0.15) is 0 Å². The van der Waals surface area contributed by atoms with Crippen molar-refractivity contribution >= 4 is 46.6 Å². The van der Waals surface area contributed by atoms with E-state index < -0.39 is 113 Å². The van der Waals surface area contributed by atoms with E-state index in [0.717, 1.165) is 12.1 Å². The SMILES string of the molecule is CCC1c2cc(c(OC(=O)c3ccccc3)cc2OC(=O)c2ccccc2)C(CC)c2cc3c4cc2Oc2cc(c([N+](=O)[O-])cc2[N+](=O)[O-])Oc2cc(c(cc21)C(CC)c1cc(c(OC(=O)c2ccccc2)cc1OC(=O)c1ccccc1)C3CC)Oc1cc(c([N+](=O)[O-])cc1[N+](=O)[O-])O4. The van der Waals surface area contributed by atoms with Gasteiger partial charge in [0.2, 0.25) is 23.0 Å². The minimum absolute atomic E-state index is 0.0428. The third-order valence-corrected chi connectivity index (χ3v) is 17.8.